The van der Waals surface area contributed by atoms with E-state index >= 15 is 0 Å². The molecular formula is C18H18N4O2. The van der Waals surface area contributed by atoms with Crippen LogP contribution in [0.2, 0.25) is 0 Å². The maximum Gasteiger partial charge on any atom is 0.228 e. The van der Waals surface area contributed by atoms with Gasteiger partial charge < -0.3 is 15.6 Å². The number of rotatable bonds is 4. The molecule has 0 atom stereocenters. The molecule has 0 saturated heterocycles. The Bertz CT molecular complexity index is 897. The third-order valence-corrected chi connectivity index (χ3v) is 3.52. The summed E-state index contributed by atoms with van der Waals surface area (Å²) in [7, 11) is 0. The first kappa shape index (κ1) is 15.7. The van der Waals surface area contributed by atoms with E-state index in [2.05, 4.69) is 20.6 Å². The number of carbonyl (C=O) groups is 2. The second kappa shape index (κ2) is 6.54. The van der Waals surface area contributed by atoms with E-state index in [1.54, 1.807) is 24.3 Å². The number of H-pyrrole nitrogens is 1. The Morgan fingerprint density at radius 2 is 1.71 bits per heavy atom. The number of aromatic nitrogens is 2. The topological polar surface area (TPSA) is 86.9 Å². The summed E-state index contributed by atoms with van der Waals surface area (Å²) in [6, 6.07) is 12.8. The third kappa shape index (κ3) is 3.78. The molecule has 24 heavy (non-hydrogen) atoms. The van der Waals surface area contributed by atoms with Crippen LogP contribution in [0.3, 0.4) is 0 Å². The SMILES string of the molecule is CC(=O)Nc1ccc(NC(=O)Cc2ccc3nc(C)[nH]c3c2)cc1. The van der Waals surface area contributed by atoms with E-state index in [4.69, 9.17) is 0 Å². The fourth-order valence-corrected chi connectivity index (χ4v) is 2.53. The van der Waals surface area contributed by atoms with Crippen molar-refractivity contribution in [2.75, 3.05) is 10.6 Å². The van der Waals surface area contributed by atoms with Crippen LogP contribution in [0, 0.1) is 6.92 Å². The minimum absolute atomic E-state index is 0.0992. The smallest absolute Gasteiger partial charge is 0.228 e. The lowest BCUT2D eigenvalue weighted by Gasteiger charge is -2.07. The highest BCUT2D eigenvalue weighted by atomic mass is 16.2. The lowest BCUT2D eigenvalue weighted by molar-refractivity contribution is -0.116. The zero-order valence-electron chi connectivity index (χ0n) is 13.5. The number of fused-ring (bicyclic) bond motifs is 1. The van der Waals surface area contributed by atoms with E-state index < -0.39 is 0 Å². The number of hydrogen-bond acceptors (Lipinski definition) is 3. The zero-order chi connectivity index (χ0) is 17.1. The Kier molecular flexibility index (Phi) is 4.29. The van der Waals surface area contributed by atoms with Crippen molar-refractivity contribution in [3.63, 3.8) is 0 Å². The molecule has 122 valence electrons. The van der Waals surface area contributed by atoms with Crippen LogP contribution in [-0.2, 0) is 16.0 Å². The third-order valence-electron chi connectivity index (χ3n) is 3.52. The average Bonchev–Trinajstić information content (AvgIpc) is 2.88. The van der Waals surface area contributed by atoms with Gasteiger partial charge in [-0.05, 0) is 48.9 Å². The Morgan fingerprint density at radius 1 is 1.04 bits per heavy atom. The van der Waals surface area contributed by atoms with Crippen molar-refractivity contribution in [3.8, 4) is 0 Å². The quantitative estimate of drug-likeness (QED) is 0.690. The maximum atomic E-state index is 12.2. The molecule has 2 aromatic carbocycles. The molecule has 0 spiro atoms. The summed E-state index contributed by atoms with van der Waals surface area (Å²) in [5.41, 5.74) is 4.12. The van der Waals surface area contributed by atoms with E-state index in [1.807, 2.05) is 25.1 Å². The fourth-order valence-electron chi connectivity index (χ4n) is 2.53. The molecule has 0 bridgehead atoms. The minimum Gasteiger partial charge on any atom is -0.342 e. The van der Waals surface area contributed by atoms with E-state index in [0.29, 0.717) is 11.4 Å². The summed E-state index contributed by atoms with van der Waals surface area (Å²) < 4.78 is 0. The summed E-state index contributed by atoms with van der Waals surface area (Å²) in [5, 5.41) is 5.53. The first-order valence-corrected chi connectivity index (χ1v) is 7.62. The molecular weight excluding hydrogens is 304 g/mol. The van der Waals surface area contributed by atoms with Crippen molar-refractivity contribution < 1.29 is 9.59 Å². The number of imidazole rings is 1. The molecule has 3 N–H and O–H groups in total. The van der Waals surface area contributed by atoms with Crippen molar-refractivity contribution in [1.29, 1.82) is 0 Å². The zero-order valence-corrected chi connectivity index (χ0v) is 13.5. The molecule has 0 aliphatic rings. The number of benzene rings is 2. The number of amides is 2. The Balaban J connectivity index is 1.64. The van der Waals surface area contributed by atoms with Gasteiger partial charge in [-0.2, -0.15) is 0 Å². The second-order valence-corrected chi connectivity index (χ2v) is 5.66. The van der Waals surface area contributed by atoms with Crippen LogP contribution in [0.5, 0.6) is 0 Å². The van der Waals surface area contributed by atoms with Crippen LogP contribution in [0.25, 0.3) is 11.0 Å². The first-order chi connectivity index (χ1) is 11.5. The molecule has 2 amide bonds. The van der Waals surface area contributed by atoms with Crippen LogP contribution < -0.4 is 10.6 Å². The lowest BCUT2D eigenvalue weighted by atomic mass is 10.1. The highest BCUT2D eigenvalue weighted by Gasteiger charge is 2.07. The van der Waals surface area contributed by atoms with Gasteiger partial charge in [0, 0.05) is 18.3 Å². The van der Waals surface area contributed by atoms with Gasteiger partial charge in [0.05, 0.1) is 17.5 Å². The van der Waals surface area contributed by atoms with E-state index in [9.17, 15) is 9.59 Å². The molecule has 6 heteroatoms. The molecule has 0 fully saturated rings. The average molecular weight is 322 g/mol. The predicted molar refractivity (Wildman–Crippen MR) is 93.9 cm³/mol. The van der Waals surface area contributed by atoms with Gasteiger partial charge in [-0.1, -0.05) is 6.07 Å². The second-order valence-electron chi connectivity index (χ2n) is 5.66. The minimum atomic E-state index is -0.128. The molecule has 0 unspecified atom stereocenters. The molecule has 3 aromatic rings. The molecule has 3 rings (SSSR count). The molecule has 0 aliphatic carbocycles. The number of aryl methyl sites for hydroxylation is 1. The summed E-state index contributed by atoms with van der Waals surface area (Å²) in [4.78, 5) is 30.7. The van der Waals surface area contributed by atoms with Gasteiger partial charge in [0.15, 0.2) is 0 Å². The van der Waals surface area contributed by atoms with Crippen LogP contribution in [-0.4, -0.2) is 21.8 Å². The number of aromatic amines is 1. The van der Waals surface area contributed by atoms with Crippen LogP contribution >= 0.6 is 0 Å². The van der Waals surface area contributed by atoms with Gasteiger partial charge in [-0.25, -0.2) is 4.98 Å². The number of nitrogens with zero attached hydrogens (tertiary/aromatic N) is 1. The number of carbonyl (C=O) groups excluding carboxylic acids is 2. The predicted octanol–water partition coefficient (Wildman–Crippen LogP) is 3.01. The highest BCUT2D eigenvalue weighted by molar-refractivity contribution is 5.93. The Labute approximate surface area is 139 Å². The number of nitrogens with one attached hydrogen (secondary N) is 3. The Morgan fingerprint density at radius 3 is 2.38 bits per heavy atom. The van der Waals surface area contributed by atoms with E-state index in [0.717, 1.165) is 22.4 Å². The van der Waals surface area contributed by atoms with Crippen LogP contribution in [0.15, 0.2) is 42.5 Å². The van der Waals surface area contributed by atoms with Crippen LogP contribution in [0.1, 0.15) is 18.3 Å². The molecule has 1 aromatic heterocycles. The van der Waals surface area contributed by atoms with Gasteiger partial charge in [-0.3, -0.25) is 9.59 Å². The standard InChI is InChI=1S/C18H18N4O2/c1-11-19-16-8-3-13(9-17(16)20-11)10-18(24)22-15-6-4-14(5-7-15)21-12(2)23/h3-9H,10H2,1-2H3,(H,19,20)(H,21,23)(H,22,24). The fraction of sp³-hybridized carbons (Fsp3) is 0.167. The first-order valence-electron chi connectivity index (χ1n) is 7.62. The normalized spacial score (nSPS) is 10.6. The van der Waals surface area contributed by atoms with E-state index in [-0.39, 0.29) is 18.2 Å². The number of hydrogen-bond donors (Lipinski definition) is 3. The molecule has 1 heterocycles. The highest BCUT2D eigenvalue weighted by Crippen LogP contribution is 2.16. The molecule has 6 nitrogen and oxygen atoms in total. The largest absolute Gasteiger partial charge is 0.342 e. The summed E-state index contributed by atoms with van der Waals surface area (Å²) >= 11 is 0. The van der Waals surface area contributed by atoms with Crippen molar-refractivity contribution in [2.24, 2.45) is 0 Å². The molecule has 0 saturated carbocycles. The maximum absolute atomic E-state index is 12.2. The van der Waals surface area contributed by atoms with E-state index in [1.165, 1.54) is 6.92 Å². The molecule has 0 radical (unpaired) electrons. The monoisotopic (exact) mass is 322 g/mol. The Hall–Kier alpha value is -3.15. The molecule has 0 aliphatic heterocycles. The van der Waals surface area contributed by atoms with Crippen molar-refractivity contribution in [3.05, 3.63) is 53.9 Å². The van der Waals surface area contributed by atoms with Crippen LogP contribution in [0.4, 0.5) is 11.4 Å². The van der Waals surface area contributed by atoms with Gasteiger partial charge >= 0.3 is 0 Å². The van der Waals surface area contributed by atoms with Gasteiger partial charge in [-0.15, -0.1) is 0 Å². The van der Waals surface area contributed by atoms with Crippen molar-refractivity contribution in [1.82, 2.24) is 9.97 Å². The number of anilines is 2. The summed E-state index contributed by atoms with van der Waals surface area (Å²) in [5.74, 6) is 0.625. The van der Waals surface area contributed by atoms with Gasteiger partial charge in [0.25, 0.3) is 0 Å². The van der Waals surface area contributed by atoms with Gasteiger partial charge in [0.1, 0.15) is 5.82 Å². The summed E-state index contributed by atoms with van der Waals surface area (Å²) in [6.45, 7) is 3.35. The van der Waals surface area contributed by atoms with Crippen molar-refractivity contribution >= 4 is 34.2 Å². The lowest BCUT2D eigenvalue weighted by Crippen LogP contribution is -2.14. The summed E-state index contributed by atoms with van der Waals surface area (Å²) in [6.07, 6.45) is 0.279. The van der Waals surface area contributed by atoms with Crippen molar-refractivity contribution in [2.45, 2.75) is 20.3 Å². The van der Waals surface area contributed by atoms with Gasteiger partial charge in [0.2, 0.25) is 11.8 Å².